The molecule has 0 radical (unpaired) electrons. The van der Waals surface area contributed by atoms with Crippen molar-refractivity contribution in [3.8, 4) is 11.5 Å². The molecule has 8 nitrogen and oxygen atoms in total. The highest BCUT2D eigenvalue weighted by atomic mass is 32.2. The number of hydrogen-bond donors (Lipinski definition) is 3. The summed E-state index contributed by atoms with van der Waals surface area (Å²) in [6, 6.07) is 11.5. The zero-order valence-corrected chi connectivity index (χ0v) is 18.1. The lowest BCUT2D eigenvalue weighted by Gasteiger charge is -2.37. The maximum absolute atomic E-state index is 15.3. The normalized spacial score (nSPS) is 26.1. The van der Waals surface area contributed by atoms with E-state index in [-0.39, 0.29) is 17.4 Å². The first kappa shape index (κ1) is 21.0. The van der Waals surface area contributed by atoms with Crippen LogP contribution in [0.3, 0.4) is 0 Å². The zero-order valence-electron chi connectivity index (χ0n) is 17.3. The van der Waals surface area contributed by atoms with E-state index in [9.17, 15) is 18.3 Å². The third-order valence-corrected chi connectivity index (χ3v) is 7.82. The standard InChI is InChI=1S/C22H24FN3O5S/c23-21-17-8-16(24-10-13-6-15(7-13)14-4-2-1-3-5-14)12-31-19(17)9-18(27)22(21)26-11-20(28)25-32(26,29)30/h1-5,9,13,15-16,24,27H,6-8,10-12H2,(H,25,28). The Balaban J connectivity index is 1.25. The van der Waals surface area contributed by atoms with Crippen LogP contribution in [0.15, 0.2) is 36.4 Å². The summed E-state index contributed by atoms with van der Waals surface area (Å²) in [4.78, 5) is 11.5. The average molecular weight is 462 g/mol. The summed E-state index contributed by atoms with van der Waals surface area (Å²) in [5.74, 6) is -0.965. The van der Waals surface area contributed by atoms with Crippen molar-refractivity contribution in [2.75, 3.05) is 24.0 Å². The number of anilines is 1. The lowest BCUT2D eigenvalue weighted by Crippen LogP contribution is -2.44. The van der Waals surface area contributed by atoms with E-state index in [4.69, 9.17) is 4.74 Å². The summed E-state index contributed by atoms with van der Waals surface area (Å²) in [5.41, 5.74) is 1.01. The number of halogens is 1. The number of nitrogens with one attached hydrogen (secondary N) is 2. The number of aromatic hydroxyl groups is 1. The van der Waals surface area contributed by atoms with Gasteiger partial charge in [-0.2, -0.15) is 8.42 Å². The lowest BCUT2D eigenvalue weighted by atomic mass is 9.71. The maximum Gasteiger partial charge on any atom is 0.326 e. The number of amides is 1. The predicted octanol–water partition coefficient (Wildman–Crippen LogP) is 1.80. The largest absolute Gasteiger partial charge is 0.505 e. The molecule has 1 saturated heterocycles. The first-order chi connectivity index (χ1) is 15.3. The van der Waals surface area contributed by atoms with Gasteiger partial charge in [-0.1, -0.05) is 30.3 Å². The minimum Gasteiger partial charge on any atom is -0.505 e. The number of hydrogen-bond acceptors (Lipinski definition) is 6. The number of ether oxygens (including phenoxy) is 1. The molecule has 1 unspecified atom stereocenters. The summed E-state index contributed by atoms with van der Waals surface area (Å²) < 4.78 is 47.6. The number of phenols is 1. The molecular formula is C22H24FN3O5S. The summed E-state index contributed by atoms with van der Waals surface area (Å²) in [6.45, 7) is 0.526. The van der Waals surface area contributed by atoms with Crippen LogP contribution in [0.2, 0.25) is 0 Å². The Hall–Kier alpha value is -2.85. The number of nitrogens with zero attached hydrogens (tertiary/aromatic N) is 1. The van der Waals surface area contributed by atoms with Crippen LogP contribution in [0.5, 0.6) is 11.5 Å². The quantitative estimate of drug-likeness (QED) is 0.627. The predicted molar refractivity (Wildman–Crippen MR) is 115 cm³/mol. The molecule has 0 bridgehead atoms. The molecule has 5 rings (SSSR count). The first-order valence-corrected chi connectivity index (χ1v) is 12.0. The molecule has 1 atom stereocenters. The number of benzene rings is 2. The van der Waals surface area contributed by atoms with E-state index in [1.807, 2.05) is 6.07 Å². The van der Waals surface area contributed by atoms with E-state index in [1.54, 1.807) is 4.72 Å². The van der Waals surface area contributed by atoms with Crippen molar-refractivity contribution in [3.63, 3.8) is 0 Å². The minimum atomic E-state index is -4.24. The van der Waals surface area contributed by atoms with Crippen molar-refractivity contribution in [1.29, 1.82) is 0 Å². The Bertz CT molecular complexity index is 1150. The average Bonchev–Trinajstić information content (AvgIpc) is 2.99. The SMILES string of the molecule is O=C1CN(c2c(O)cc3c(c2F)CC(NCC2CC(c4ccccc4)C2)CO3)S(=O)(=O)N1. The molecule has 1 aliphatic carbocycles. The van der Waals surface area contributed by atoms with E-state index in [1.165, 1.54) is 11.6 Å². The van der Waals surface area contributed by atoms with Crippen molar-refractivity contribution in [2.45, 2.75) is 31.2 Å². The van der Waals surface area contributed by atoms with Crippen molar-refractivity contribution < 1.29 is 27.4 Å². The highest BCUT2D eigenvalue weighted by Crippen LogP contribution is 2.43. The van der Waals surface area contributed by atoms with Crippen LogP contribution in [0.1, 0.15) is 29.9 Å². The van der Waals surface area contributed by atoms with E-state index >= 15 is 4.39 Å². The second-order valence-electron chi connectivity index (χ2n) is 8.64. The number of rotatable bonds is 5. The number of carbonyl (C=O) groups excluding carboxylic acids is 1. The molecule has 3 N–H and O–H groups in total. The molecule has 2 aromatic carbocycles. The molecule has 0 spiro atoms. The van der Waals surface area contributed by atoms with Gasteiger partial charge in [0.15, 0.2) is 5.82 Å². The van der Waals surface area contributed by atoms with Crippen LogP contribution in [-0.2, 0) is 21.4 Å². The highest BCUT2D eigenvalue weighted by molar-refractivity contribution is 7.92. The van der Waals surface area contributed by atoms with Crippen LogP contribution in [0.4, 0.5) is 10.1 Å². The van der Waals surface area contributed by atoms with Gasteiger partial charge in [-0.05, 0) is 43.2 Å². The molecule has 170 valence electrons. The van der Waals surface area contributed by atoms with Gasteiger partial charge in [0.05, 0.1) is 0 Å². The number of fused-ring (bicyclic) bond motifs is 1. The van der Waals surface area contributed by atoms with Crippen molar-refractivity contribution >= 4 is 21.8 Å². The van der Waals surface area contributed by atoms with Gasteiger partial charge in [0, 0.05) is 17.7 Å². The first-order valence-electron chi connectivity index (χ1n) is 10.6. The van der Waals surface area contributed by atoms with Crippen LogP contribution < -0.4 is 19.1 Å². The molecule has 1 amide bonds. The van der Waals surface area contributed by atoms with E-state index in [0.29, 0.717) is 29.2 Å². The van der Waals surface area contributed by atoms with Gasteiger partial charge in [0.1, 0.15) is 30.3 Å². The Labute approximate surface area is 185 Å². The summed E-state index contributed by atoms with van der Waals surface area (Å²) in [6.07, 6.45) is 2.49. The maximum atomic E-state index is 15.3. The molecule has 0 aromatic heterocycles. The van der Waals surface area contributed by atoms with E-state index in [2.05, 4.69) is 29.6 Å². The zero-order chi connectivity index (χ0) is 22.5. The molecule has 3 aliphatic rings. The molecule has 2 fully saturated rings. The monoisotopic (exact) mass is 461 g/mol. The van der Waals surface area contributed by atoms with Gasteiger partial charge in [-0.25, -0.2) is 13.4 Å². The highest BCUT2D eigenvalue weighted by Gasteiger charge is 2.39. The van der Waals surface area contributed by atoms with Crippen molar-refractivity contribution in [2.24, 2.45) is 5.92 Å². The fourth-order valence-electron chi connectivity index (χ4n) is 4.71. The van der Waals surface area contributed by atoms with E-state index < -0.39 is 39.9 Å². The van der Waals surface area contributed by atoms with Crippen molar-refractivity contribution in [1.82, 2.24) is 10.0 Å². The molecule has 2 aliphatic heterocycles. The lowest BCUT2D eigenvalue weighted by molar-refractivity contribution is -0.117. The smallest absolute Gasteiger partial charge is 0.326 e. The van der Waals surface area contributed by atoms with Gasteiger partial charge >= 0.3 is 10.2 Å². The Morgan fingerprint density at radius 1 is 1.25 bits per heavy atom. The van der Waals surface area contributed by atoms with Gasteiger partial charge in [-0.3, -0.25) is 4.79 Å². The third kappa shape index (κ3) is 3.77. The van der Waals surface area contributed by atoms with Crippen LogP contribution in [-0.4, -0.2) is 45.2 Å². The Morgan fingerprint density at radius 2 is 2.00 bits per heavy atom. The molecule has 1 saturated carbocycles. The van der Waals surface area contributed by atoms with Gasteiger partial charge in [-0.15, -0.1) is 0 Å². The molecular weight excluding hydrogens is 437 g/mol. The van der Waals surface area contributed by atoms with Gasteiger partial charge in [0.2, 0.25) is 0 Å². The molecule has 10 heteroatoms. The van der Waals surface area contributed by atoms with E-state index in [0.717, 1.165) is 19.4 Å². The molecule has 2 aromatic rings. The fourth-order valence-corrected chi connectivity index (χ4v) is 5.87. The Morgan fingerprint density at radius 3 is 2.69 bits per heavy atom. The summed E-state index contributed by atoms with van der Waals surface area (Å²) >= 11 is 0. The fraction of sp³-hybridized carbons (Fsp3) is 0.409. The second kappa shape index (κ2) is 7.93. The minimum absolute atomic E-state index is 0.139. The second-order valence-corrected chi connectivity index (χ2v) is 10.2. The topological polar surface area (TPSA) is 108 Å². The summed E-state index contributed by atoms with van der Waals surface area (Å²) in [5, 5.41) is 13.7. The molecule has 2 heterocycles. The molecule has 32 heavy (non-hydrogen) atoms. The number of phenolic OH excluding ortho intramolecular Hbond substituents is 1. The van der Waals surface area contributed by atoms with Gasteiger partial charge in [0.25, 0.3) is 5.91 Å². The Kier molecular flexibility index (Phi) is 5.21. The van der Waals surface area contributed by atoms with Crippen LogP contribution >= 0.6 is 0 Å². The van der Waals surface area contributed by atoms with Gasteiger partial charge < -0.3 is 15.2 Å². The van der Waals surface area contributed by atoms with Crippen molar-refractivity contribution in [3.05, 3.63) is 53.3 Å². The summed E-state index contributed by atoms with van der Waals surface area (Å²) in [7, 11) is -4.24. The number of carbonyl (C=O) groups is 1. The third-order valence-electron chi connectivity index (χ3n) is 6.44. The van der Waals surface area contributed by atoms with Crippen LogP contribution in [0, 0.1) is 11.7 Å². The van der Waals surface area contributed by atoms with Crippen LogP contribution in [0.25, 0.3) is 0 Å².